The average molecular weight is 431 g/mol. The van der Waals surface area contributed by atoms with Crippen molar-refractivity contribution in [2.45, 2.75) is 32.2 Å². The minimum absolute atomic E-state index is 0.0996. The van der Waals surface area contributed by atoms with Crippen LogP contribution in [0.2, 0.25) is 0 Å². The maximum absolute atomic E-state index is 14.4. The number of nitrogens with zero attached hydrogens (tertiary/aromatic N) is 7. The van der Waals surface area contributed by atoms with Crippen molar-refractivity contribution in [3.05, 3.63) is 77.4 Å². The summed E-state index contributed by atoms with van der Waals surface area (Å²) in [5.41, 5.74) is 2.15. The van der Waals surface area contributed by atoms with Crippen molar-refractivity contribution < 1.29 is 9.13 Å². The first-order valence-electron chi connectivity index (χ1n) is 10.4. The van der Waals surface area contributed by atoms with Crippen LogP contribution >= 0.6 is 0 Å². The standard InChI is InChI=1S/C23H22FN7O/c1-15-13-30(14-26-15)22-23(32-2)27-16(12-25-22)9-10-20-28-21-18(7-5-11-31(21)29-20)17-6-3-4-8-19(17)24/h3-4,6,8-10,12-14,18H,5,7,11H2,1-2H3. The Bertz CT molecular complexity index is 1290. The number of aromatic nitrogens is 7. The van der Waals surface area contributed by atoms with Gasteiger partial charge < -0.3 is 4.74 Å². The molecule has 1 aliphatic heterocycles. The average Bonchev–Trinajstić information content (AvgIpc) is 3.43. The maximum atomic E-state index is 14.4. The Labute approximate surface area is 184 Å². The van der Waals surface area contributed by atoms with Crippen LogP contribution < -0.4 is 4.74 Å². The van der Waals surface area contributed by atoms with Gasteiger partial charge in [0.2, 0.25) is 5.82 Å². The molecular weight excluding hydrogens is 409 g/mol. The monoisotopic (exact) mass is 431 g/mol. The molecule has 0 amide bonds. The van der Waals surface area contributed by atoms with E-state index in [2.05, 4.69) is 25.0 Å². The zero-order valence-corrected chi connectivity index (χ0v) is 17.8. The Balaban J connectivity index is 1.42. The summed E-state index contributed by atoms with van der Waals surface area (Å²) in [4.78, 5) is 17.9. The number of methoxy groups -OCH3 is 1. The number of halogens is 1. The third-order valence-electron chi connectivity index (χ3n) is 5.47. The molecule has 1 atom stereocenters. The van der Waals surface area contributed by atoms with Crippen molar-refractivity contribution in [3.8, 4) is 11.7 Å². The number of imidazole rings is 1. The van der Waals surface area contributed by atoms with Crippen LogP contribution in [0.3, 0.4) is 0 Å². The predicted octanol–water partition coefficient (Wildman–Crippen LogP) is 3.81. The molecule has 4 heterocycles. The minimum atomic E-state index is -0.207. The smallest absolute Gasteiger partial charge is 0.258 e. The molecule has 8 nitrogen and oxygen atoms in total. The van der Waals surface area contributed by atoms with E-state index in [1.54, 1.807) is 42.4 Å². The number of aryl methyl sites for hydroxylation is 2. The molecule has 3 aromatic heterocycles. The van der Waals surface area contributed by atoms with Gasteiger partial charge in [-0.2, -0.15) is 5.10 Å². The fourth-order valence-electron chi connectivity index (χ4n) is 3.96. The molecule has 162 valence electrons. The van der Waals surface area contributed by atoms with Crippen LogP contribution in [-0.4, -0.2) is 41.4 Å². The molecule has 0 N–H and O–H groups in total. The summed E-state index contributed by atoms with van der Waals surface area (Å²) >= 11 is 0. The van der Waals surface area contributed by atoms with E-state index in [1.165, 1.54) is 6.07 Å². The van der Waals surface area contributed by atoms with Crippen LogP contribution in [-0.2, 0) is 6.54 Å². The normalized spacial score (nSPS) is 15.8. The molecule has 0 bridgehead atoms. The topological polar surface area (TPSA) is 83.5 Å². The summed E-state index contributed by atoms with van der Waals surface area (Å²) in [6.45, 7) is 2.68. The van der Waals surface area contributed by atoms with Crippen LogP contribution in [0.25, 0.3) is 18.0 Å². The molecule has 9 heteroatoms. The first-order chi connectivity index (χ1) is 15.6. The van der Waals surface area contributed by atoms with E-state index in [0.29, 0.717) is 28.8 Å². The maximum Gasteiger partial charge on any atom is 0.258 e. The Morgan fingerprint density at radius 3 is 2.81 bits per heavy atom. The molecule has 1 unspecified atom stereocenters. The second-order valence-corrected chi connectivity index (χ2v) is 7.65. The molecule has 0 saturated heterocycles. The molecule has 1 aliphatic rings. The lowest BCUT2D eigenvalue weighted by molar-refractivity contribution is 0.393. The fraction of sp³-hybridized carbons (Fsp3) is 0.261. The van der Waals surface area contributed by atoms with Gasteiger partial charge in [0, 0.05) is 18.7 Å². The molecule has 0 saturated carbocycles. The lowest BCUT2D eigenvalue weighted by Gasteiger charge is -2.22. The molecule has 0 aliphatic carbocycles. The van der Waals surface area contributed by atoms with Crippen molar-refractivity contribution in [1.29, 1.82) is 0 Å². The van der Waals surface area contributed by atoms with E-state index in [-0.39, 0.29) is 11.7 Å². The van der Waals surface area contributed by atoms with E-state index in [9.17, 15) is 4.39 Å². The number of rotatable bonds is 5. The molecule has 4 aromatic rings. The highest BCUT2D eigenvalue weighted by atomic mass is 19.1. The molecule has 0 spiro atoms. The van der Waals surface area contributed by atoms with Gasteiger partial charge in [-0.3, -0.25) is 4.57 Å². The number of hydrogen-bond acceptors (Lipinski definition) is 6. The van der Waals surface area contributed by atoms with Crippen molar-refractivity contribution in [2.75, 3.05) is 7.11 Å². The van der Waals surface area contributed by atoms with Crippen molar-refractivity contribution in [1.82, 2.24) is 34.3 Å². The summed E-state index contributed by atoms with van der Waals surface area (Å²) in [6.07, 6.45) is 10.5. The van der Waals surface area contributed by atoms with E-state index in [4.69, 9.17) is 4.74 Å². The number of fused-ring (bicyclic) bond motifs is 1. The van der Waals surface area contributed by atoms with E-state index >= 15 is 0 Å². The van der Waals surface area contributed by atoms with Gasteiger partial charge in [-0.1, -0.05) is 18.2 Å². The highest BCUT2D eigenvalue weighted by Crippen LogP contribution is 2.33. The fourth-order valence-corrected chi connectivity index (χ4v) is 3.96. The summed E-state index contributed by atoms with van der Waals surface area (Å²) in [6, 6.07) is 6.88. The highest BCUT2D eigenvalue weighted by Gasteiger charge is 2.27. The number of ether oxygens (including phenoxy) is 1. The van der Waals surface area contributed by atoms with Crippen molar-refractivity contribution in [2.24, 2.45) is 0 Å². The first-order valence-corrected chi connectivity index (χ1v) is 10.4. The Kier molecular flexibility index (Phi) is 5.22. The molecular formula is C23H22FN7O. The van der Waals surface area contributed by atoms with Crippen molar-refractivity contribution >= 4 is 12.2 Å². The first kappa shape index (κ1) is 20.0. The van der Waals surface area contributed by atoms with Gasteiger partial charge in [-0.25, -0.2) is 29.0 Å². The second-order valence-electron chi connectivity index (χ2n) is 7.65. The molecule has 0 radical (unpaired) electrons. The Morgan fingerprint density at radius 2 is 2.03 bits per heavy atom. The van der Waals surface area contributed by atoms with Gasteiger partial charge in [0.15, 0.2) is 5.82 Å². The second kappa shape index (κ2) is 8.33. The van der Waals surface area contributed by atoms with Gasteiger partial charge in [-0.15, -0.1) is 0 Å². The molecule has 0 fully saturated rings. The van der Waals surface area contributed by atoms with Crippen LogP contribution in [0.4, 0.5) is 4.39 Å². The summed E-state index contributed by atoms with van der Waals surface area (Å²) in [5.74, 6) is 1.99. The quantitative estimate of drug-likeness (QED) is 0.478. The van der Waals surface area contributed by atoms with E-state index < -0.39 is 0 Å². The summed E-state index contributed by atoms with van der Waals surface area (Å²) in [7, 11) is 1.55. The predicted molar refractivity (Wildman–Crippen MR) is 117 cm³/mol. The highest BCUT2D eigenvalue weighted by molar-refractivity contribution is 5.64. The third-order valence-corrected chi connectivity index (χ3v) is 5.47. The lowest BCUT2D eigenvalue weighted by atomic mass is 9.91. The number of hydrogen-bond donors (Lipinski definition) is 0. The van der Waals surface area contributed by atoms with Crippen LogP contribution in [0.1, 0.15) is 47.4 Å². The molecule has 5 rings (SSSR count). The van der Waals surface area contributed by atoms with Gasteiger partial charge in [0.1, 0.15) is 18.0 Å². The van der Waals surface area contributed by atoms with Gasteiger partial charge in [0.25, 0.3) is 5.88 Å². The Morgan fingerprint density at radius 1 is 1.16 bits per heavy atom. The van der Waals surface area contributed by atoms with Gasteiger partial charge in [0.05, 0.1) is 24.7 Å². The molecule has 32 heavy (non-hydrogen) atoms. The van der Waals surface area contributed by atoms with E-state index in [0.717, 1.165) is 30.9 Å². The Hall–Kier alpha value is -3.88. The van der Waals surface area contributed by atoms with Crippen LogP contribution in [0.5, 0.6) is 5.88 Å². The third kappa shape index (κ3) is 3.77. The van der Waals surface area contributed by atoms with Crippen LogP contribution in [0.15, 0.2) is 43.0 Å². The van der Waals surface area contributed by atoms with Crippen LogP contribution in [0, 0.1) is 12.7 Å². The summed E-state index contributed by atoms with van der Waals surface area (Å²) < 4.78 is 23.4. The van der Waals surface area contributed by atoms with E-state index in [1.807, 2.05) is 29.9 Å². The molecule has 1 aromatic carbocycles. The van der Waals surface area contributed by atoms with Gasteiger partial charge in [-0.05, 0) is 43.5 Å². The zero-order chi connectivity index (χ0) is 22.1. The van der Waals surface area contributed by atoms with Gasteiger partial charge >= 0.3 is 0 Å². The SMILES string of the molecule is COc1nc(C=Cc2nc3n(n2)CCCC3c2ccccc2F)cnc1-n1cnc(C)c1. The number of benzene rings is 1. The lowest BCUT2D eigenvalue weighted by Crippen LogP contribution is -2.18. The summed E-state index contributed by atoms with van der Waals surface area (Å²) in [5, 5.41) is 4.59. The van der Waals surface area contributed by atoms with Crippen molar-refractivity contribution in [3.63, 3.8) is 0 Å². The largest absolute Gasteiger partial charge is 0.478 e. The minimum Gasteiger partial charge on any atom is -0.478 e. The zero-order valence-electron chi connectivity index (χ0n) is 17.8.